The molecule has 2 aromatic rings. The second-order valence-corrected chi connectivity index (χ2v) is 5.70. The van der Waals surface area contributed by atoms with E-state index in [1.54, 1.807) is 11.9 Å². The van der Waals surface area contributed by atoms with Crippen LogP contribution in [0.3, 0.4) is 0 Å². The highest BCUT2D eigenvalue weighted by molar-refractivity contribution is 5.87. The van der Waals surface area contributed by atoms with E-state index in [2.05, 4.69) is 28.5 Å². The molecule has 1 aliphatic rings. The Balaban J connectivity index is 1.64. The van der Waals surface area contributed by atoms with E-state index < -0.39 is 0 Å². The highest BCUT2D eigenvalue weighted by Gasteiger charge is 2.29. The average Bonchev–Trinajstić information content (AvgIpc) is 3.12. The molecule has 0 bridgehead atoms. The van der Waals surface area contributed by atoms with Gasteiger partial charge in [-0.3, -0.25) is 4.79 Å². The number of nitrogens with one attached hydrogen (secondary N) is 1. The molecule has 0 spiro atoms. The normalized spacial score (nSPS) is 16.2. The molecule has 1 aromatic carbocycles. The predicted molar refractivity (Wildman–Crippen MR) is 82.4 cm³/mol. The molecule has 1 N–H and O–H groups in total. The molecule has 0 aliphatic carbocycles. The van der Waals surface area contributed by atoms with E-state index in [4.69, 9.17) is 4.42 Å². The van der Waals surface area contributed by atoms with Crippen molar-refractivity contribution in [3.05, 3.63) is 41.1 Å². The summed E-state index contributed by atoms with van der Waals surface area (Å²) in [7, 11) is 1.76. The summed E-state index contributed by atoms with van der Waals surface area (Å²) in [5.41, 5.74) is 3.45. The van der Waals surface area contributed by atoms with Crippen molar-refractivity contribution in [3.63, 3.8) is 0 Å². The highest BCUT2D eigenvalue weighted by atomic mass is 16.4. The van der Waals surface area contributed by atoms with Gasteiger partial charge in [0, 0.05) is 25.6 Å². The van der Waals surface area contributed by atoms with E-state index in [-0.39, 0.29) is 11.9 Å². The minimum Gasteiger partial charge on any atom is -0.423 e. The van der Waals surface area contributed by atoms with Gasteiger partial charge in [-0.25, -0.2) is 0 Å². The summed E-state index contributed by atoms with van der Waals surface area (Å²) in [4.78, 5) is 14.2. The number of nitrogens with zero attached hydrogens (tertiary/aromatic N) is 3. The van der Waals surface area contributed by atoms with E-state index in [1.807, 2.05) is 19.1 Å². The van der Waals surface area contributed by atoms with Gasteiger partial charge in [0.1, 0.15) is 6.04 Å². The minimum atomic E-state index is -0.227. The fraction of sp³-hybridized carbons (Fsp3) is 0.438. The van der Waals surface area contributed by atoms with Crippen LogP contribution in [-0.4, -0.2) is 34.1 Å². The molecule has 0 saturated heterocycles. The first-order valence-corrected chi connectivity index (χ1v) is 7.49. The summed E-state index contributed by atoms with van der Waals surface area (Å²) in [6, 6.07) is 5.98. The van der Waals surface area contributed by atoms with Crippen molar-refractivity contribution in [3.8, 4) is 0 Å². The van der Waals surface area contributed by atoms with Gasteiger partial charge in [-0.15, -0.1) is 10.2 Å². The van der Waals surface area contributed by atoms with E-state index in [9.17, 15) is 4.79 Å². The van der Waals surface area contributed by atoms with Gasteiger partial charge in [-0.1, -0.05) is 24.6 Å². The topological polar surface area (TPSA) is 71.3 Å². The largest absolute Gasteiger partial charge is 0.423 e. The van der Waals surface area contributed by atoms with Crippen LogP contribution in [0.2, 0.25) is 0 Å². The van der Waals surface area contributed by atoms with Crippen LogP contribution >= 0.6 is 0 Å². The molecular formula is C16H20N4O2. The zero-order valence-electron chi connectivity index (χ0n) is 13.1. The summed E-state index contributed by atoms with van der Waals surface area (Å²) < 4.78 is 5.46. The lowest BCUT2D eigenvalue weighted by Crippen LogP contribution is -2.39. The van der Waals surface area contributed by atoms with E-state index >= 15 is 0 Å². The number of hydrogen-bond donors (Lipinski definition) is 1. The van der Waals surface area contributed by atoms with Crippen molar-refractivity contribution in [1.82, 2.24) is 15.1 Å². The lowest BCUT2D eigenvalue weighted by atomic mass is 10.1. The van der Waals surface area contributed by atoms with Gasteiger partial charge in [0.05, 0.1) is 6.54 Å². The van der Waals surface area contributed by atoms with Crippen LogP contribution in [0.4, 0.5) is 5.69 Å². The lowest BCUT2D eigenvalue weighted by molar-refractivity contribution is -0.131. The molecule has 1 aliphatic heterocycles. The Morgan fingerprint density at radius 2 is 2.18 bits per heavy atom. The van der Waals surface area contributed by atoms with Crippen molar-refractivity contribution >= 4 is 11.6 Å². The molecule has 0 radical (unpaired) electrons. The number of likely N-dealkylation sites (N-methyl/N-ethyl adjacent to an activating group) is 1. The van der Waals surface area contributed by atoms with Crippen LogP contribution in [0.1, 0.15) is 29.8 Å². The maximum absolute atomic E-state index is 12.6. The number of anilines is 1. The highest BCUT2D eigenvalue weighted by Crippen LogP contribution is 2.27. The number of aryl methyl sites for hydroxylation is 2. The maximum Gasteiger partial charge on any atom is 0.245 e. The molecule has 0 unspecified atom stereocenters. The Hall–Kier alpha value is -2.37. The second kappa shape index (κ2) is 5.79. The van der Waals surface area contributed by atoms with Crippen molar-refractivity contribution in [2.24, 2.45) is 0 Å². The number of rotatable bonds is 4. The third-order valence-corrected chi connectivity index (χ3v) is 3.87. The molecule has 22 heavy (non-hydrogen) atoms. The quantitative estimate of drug-likeness (QED) is 0.934. The molecule has 116 valence electrons. The smallest absolute Gasteiger partial charge is 0.245 e. The van der Waals surface area contributed by atoms with Crippen LogP contribution in [0, 0.1) is 6.92 Å². The minimum absolute atomic E-state index is 0.0325. The molecule has 6 nitrogen and oxygen atoms in total. The molecule has 0 fully saturated rings. The van der Waals surface area contributed by atoms with E-state index in [0.717, 1.165) is 5.69 Å². The van der Waals surface area contributed by atoms with Crippen LogP contribution in [0.15, 0.2) is 22.6 Å². The summed E-state index contributed by atoms with van der Waals surface area (Å²) in [6.45, 7) is 4.34. The van der Waals surface area contributed by atoms with E-state index in [1.165, 1.54) is 11.1 Å². The van der Waals surface area contributed by atoms with Gasteiger partial charge in [-0.05, 0) is 18.6 Å². The third-order valence-electron chi connectivity index (χ3n) is 3.87. The van der Waals surface area contributed by atoms with Gasteiger partial charge < -0.3 is 14.6 Å². The van der Waals surface area contributed by atoms with Crippen LogP contribution in [0.5, 0.6) is 0 Å². The number of amides is 1. The Labute approximate surface area is 129 Å². The zero-order valence-corrected chi connectivity index (χ0v) is 13.1. The number of hydrogen-bond acceptors (Lipinski definition) is 5. The van der Waals surface area contributed by atoms with Gasteiger partial charge in [0.25, 0.3) is 0 Å². The first-order valence-electron chi connectivity index (χ1n) is 7.49. The molecule has 1 atom stereocenters. The van der Waals surface area contributed by atoms with E-state index in [0.29, 0.717) is 31.2 Å². The third kappa shape index (κ3) is 2.81. The summed E-state index contributed by atoms with van der Waals surface area (Å²) in [5, 5.41) is 11.2. The number of carbonyl (C=O) groups is 1. The van der Waals surface area contributed by atoms with Gasteiger partial charge in [0.15, 0.2) is 0 Å². The van der Waals surface area contributed by atoms with Crippen LogP contribution < -0.4 is 5.32 Å². The molecule has 1 amide bonds. The number of benzene rings is 1. The van der Waals surface area contributed by atoms with Crippen molar-refractivity contribution in [2.45, 2.75) is 39.3 Å². The second-order valence-electron chi connectivity index (χ2n) is 5.70. The molecule has 0 saturated carbocycles. The Bertz CT molecular complexity index is 695. The van der Waals surface area contributed by atoms with Gasteiger partial charge in [0.2, 0.25) is 17.7 Å². The number of fused-ring (bicyclic) bond motifs is 1. The lowest BCUT2D eigenvalue weighted by Gasteiger charge is -2.19. The molecular weight excluding hydrogens is 280 g/mol. The molecule has 1 aromatic heterocycles. The Morgan fingerprint density at radius 3 is 2.91 bits per heavy atom. The SMILES string of the molecule is CCc1nnc(CN(C)C(=O)[C@H]2Cc3cc(C)ccc3N2)o1. The molecule has 6 heteroatoms. The van der Waals surface area contributed by atoms with Crippen molar-refractivity contribution in [2.75, 3.05) is 12.4 Å². The van der Waals surface area contributed by atoms with Crippen molar-refractivity contribution < 1.29 is 9.21 Å². The van der Waals surface area contributed by atoms with Gasteiger partial charge >= 0.3 is 0 Å². The maximum atomic E-state index is 12.6. The fourth-order valence-electron chi connectivity index (χ4n) is 2.68. The summed E-state index contributed by atoms with van der Waals surface area (Å²) in [5.74, 6) is 1.10. The Kier molecular flexibility index (Phi) is 3.83. The van der Waals surface area contributed by atoms with Gasteiger partial charge in [-0.2, -0.15) is 0 Å². The zero-order chi connectivity index (χ0) is 15.7. The monoisotopic (exact) mass is 300 g/mol. The fourth-order valence-corrected chi connectivity index (χ4v) is 2.68. The Morgan fingerprint density at radius 1 is 1.41 bits per heavy atom. The standard InChI is InChI=1S/C16H20N4O2/c1-4-14-18-19-15(22-14)9-20(3)16(21)13-8-11-7-10(2)5-6-12(11)17-13/h5-7,13,17H,4,8-9H2,1-3H3/t13-/m1/s1. The average molecular weight is 300 g/mol. The number of aromatic nitrogens is 2. The predicted octanol–water partition coefficient (Wildman–Crippen LogP) is 1.94. The first-order chi connectivity index (χ1) is 10.6. The molecule has 2 heterocycles. The number of carbonyl (C=O) groups excluding carboxylic acids is 1. The van der Waals surface area contributed by atoms with Crippen LogP contribution in [-0.2, 0) is 24.2 Å². The van der Waals surface area contributed by atoms with Crippen LogP contribution in [0.25, 0.3) is 0 Å². The first kappa shape index (κ1) is 14.6. The summed E-state index contributed by atoms with van der Waals surface area (Å²) >= 11 is 0. The molecule has 3 rings (SSSR count). The summed E-state index contributed by atoms with van der Waals surface area (Å²) in [6.07, 6.45) is 1.41. The van der Waals surface area contributed by atoms with Crippen molar-refractivity contribution in [1.29, 1.82) is 0 Å².